The van der Waals surface area contributed by atoms with Gasteiger partial charge in [-0.15, -0.1) is 0 Å². The minimum absolute atomic E-state index is 0.0625. The highest BCUT2D eigenvalue weighted by atomic mass is 16.6. The largest absolute Gasteiger partial charge is 0.458 e. The number of hydrogen-bond donors (Lipinski definition) is 0. The molecular weight excluding hydrogens is 230 g/mol. The fraction of sp³-hybridized carbons (Fsp3) is 0.929. The second kappa shape index (κ2) is 6.02. The minimum Gasteiger partial charge on any atom is -0.458 e. The van der Waals surface area contributed by atoms with E-state index in [0.717, 1.165) is 39.1 Å². The number of nitrogens with zero attached hydrogens (tertiary/aromatic N) is 1. The maximum Gasteiger partial charge on any atom is 0.320 e. The first-order chi connectivity index (χ1) is 8.62. The normalized spacial score (nSPS) is 24.4. The average Bonchev–Trinajstić information content (AvgIpc) is 2.80. The van der Waals surface area contributed by atoms with Gasteiger partial charge in [-0.3, -0.25) is 9.69 Å². The van der Waals surface area contributed by atoms with E-state index in [1.54, 1.807) is 0 Å². The van der Waals surface area contributed by atoms with Crippen LogP contribution < -0.4 is 0 Å². The van der Waals surface area contributed by atoms with Gasteiger partial charge in [0.05, 0.1) is 19.8 Å². The van der Waals surface area contributed by atoms with Crippen LogP contribution in [0, 0.1) is 5.92 Å². The van der Waals surface area contributed by atoms with Gasteiger partial charge in [0.2, 0.25) is 0 Å². The lowest BCUT2D eigenvalue weighted by Gasteiger charge is -2.34. The Morgan fingerprint density at radius 2 is 1.89 bits per heavy atom. The van der Waals surface area contributed by atoms with Crippen molar-refractivity contribution in [2.24, 2.45) is 5.92 Å². The van der Waals surface area contributed by atoms with Gasteiger partial charge in [-0.1, -0.05) is 13.8 Å². The van der Waals surface area contributed by atoms with Crippen LogP contribution in [0.25, 0.3) is 0 Å². The van der Waals surface area contributed by atoms with Crippen LogP contribution in [0.4, 0.5) is 0 Å². The van der Waals surface area contributed by atoms with E-state index in [4.69, 9.17) is 9.47 Å². The molecule has 0 aromatic carbocycles. The zero-order valence-corrected chi connectivity index (χ0v) is 11.6. The first-order valence-corrected chi connectivity index (χ1v) is 7.14. The number of rotatable bonds is 4. The van der Waals surface area contributed by atoms with E-state index in [1.165, 1.54) is 12.8 Å². The molecule has 1 saturated carbocycles. The molecule has 2 aliphatic rings. The molecule has 1 aliphatic heterocycles. The number of ether oxygens (including phenoxy) is 2. The lowest BCUT2D eigenvalue weighted by molar-refractivity contribution is -0.166. The Morgan fingerprint density at radius 3 is 2.44 bits per heavy atom. The van der Waals surface area contributed by atoms with Gasteiger partial charge in [-0.2, -0.15) is 0 Å². The second-order valence-corrected chi connectivity index (χ2v) is 5.79. The molecule has 2 fully saturated rings. The van der Waals surface area contributed by atoms with Crippen molar-refractivity contribution in [2.45, 2.75) is 45.1 Å². The molecule has 2 rings (SSSR count). The monoisotopic (exact) mass is 255 g/mol. The van der Waals surface area contributed by atoms with E-state index in [2.05, 4.69) is 18.7 Å². The van der Waals surface area contributed by atoms with E-state index >= 15 is 0 Å². The smallest absolute Gasteiger partial charge is 0.320 e. The van der Waals surface area contributed by atoms with Gasteiger partial charge in [-0.05, 0) is 31.6 Å². The summed E-state index contributed by atoms with van der Waals surface area (Å²) in [6.45, 7) is 7.86. The molecule has 1 saturated heterocycles. The summed E-state index contributed by atoms with van der Waals surface area (Å²) in [5.74, 6) is 0.348. The third-order valence-corrected chi connectivity index (χ3v) is 4.28. The number of morpholine rings is 1. The van der Waals surface area contributed by atoms with E-state index in [1.807, 2.05) is 0 Å². The van der Waals surface area contributed by atoms with Crippen LogP contribution in [0.5, 0.6) is 0 Å². The lowest BCUT2D eigenvalue weighted by Crippen LogP contribution is -2.44. The first-order valence-electron chi connectivity index (χ1n) is 7.14. The van der Waals surface area contributed by atoms with E-state index in [0.29, 0.717) is 12.5 Å². The highest BCUT2D eigenvalue weighted by molar-refractivity contribution is 5.72. The minimum atomic E-state index is -0.191. The Kier molecular flexibility index (Phi) is 4.62. The SMILES string of the molecule is CC(C)C1(OC(=O)CN2CCOCC2)CCCC1. The van der Waals surface area contributed by atoms with Gasteiger partial charge >= 0.3 is 5.97 Å². The predicted molar refractivity (Wildman–Crippen MR) is 69.4 cm³/mol. The lowest BCUT2D eigenvalue weighted by atomic mass is 9.88. The maximum absolute atomic E-state index is 12.1. The Hall–Kier alpha value is -0.610. The van der Waals surface area contributed by atoms with Gasteiger partial charge in [0, 0.05) is 13.1 Å². The molecule has 104 valence electrons. The van der Waals surface area contributed by atoms with Crippen molar-refractivity contribution in [3.05, 3.63) is 0 Å². The molecule has 0 aromatic heterocycles. The van der Waals surface area contributed by atoms with Crippen molar-refractivity contribution in [1.82, 2.24) is 4.90 Å². The highest BCUT2D eigenvalue weighted by Gasteiger charge is 2.40. The molecule has 4 heteroatoms. The number of carbonyl (C=O) groups is 1. The third kappa shape index (κ3) is 3.23. The molecule has 0 N–H and O–H groups in total. The highest BCUT2D eigenvalue weighted by Crippen LogP contribution is 2.39. The molecule has 0 amide bonds. The van der Waals surface area contributed by atoms with E-state index in [-0.39, 0.29) is 11.6 Å². The van der Waals surface area contributed by atoms with Crippen molar-refractivity contribution in [3.8, 4) is 0 Å². The zero-order chi connectivity index (χ0) is 13.0. The Morgan fingerprint density at radius 1 is 1.28 bits per heavy atom. The molecule has 0 bridgehead atoms. The van der Waals surface area contributed by atoms with Crippen molar-refractivity contribution in [1.29, 1.82) is 0 Å². The molecule has 0 radical (unpaired) electrons. The van der Waals surface area contributed by atoms with Crippen molar-refractivity contribution < 1.29 is 14.3 Å². The Bertz CT molecular complexity index is 279. The molecular formula is C14H25NO3. The van der Waals surface area contributed by atoms with Gasteiger partial charge in [-0.25, -0.2) is 0 Å². The topological polar surface area (TPSA) is 38.8 Å². The maximum atomic E-state index is 12.1. The van der Waals surface area contributed by atoms with Crippen molar-refractivity contribution >= 4 is 5.97 Å². The molecule has 18 heavy (non-hydrogen) atoms. The van der Waals surface area contributed by atoms with E-state index < -0.39 is 0 Å². The molecule has 0 atom stereocenters. The van der Waals surface area contributed by atoms with Gasteiger partial charge < -0.3 is 9.47 Å². The summed E-state index contributed by atoms with van der Waals surface area (Å²) in [4.78, 5) is 14.2. The zero-order valence-electron chi connectivity index (χ0n) is 11.6. The summed E-state index contributed by atoms with van der Waals surface area (Å²) in [7, 11) is 0. The second-order valence-electron chi connectivity index (χ2n) is 5.79. The van der Waals surface area contributed by atoms with Crippen LogP contribution in [0.2, 0.25) is 0 Å². The van der Waals surface area contributed by atoms with Crippen LogP contribution in [0.15, 0.2) is 0 Å². The van der Waals surface area contributed by atoms with Crippen molar-refractivity contribution in [3.63, 3.8) is 0 Å². The van der Waals surface area contributed by atoms with Gasteiger partial charge in [0.25, 0.3) is 0 Å². The molecule has 1 heterocycles. The fourth-order valence-corrected chi connectivity index (χ4v) is 2.97. The summed E-state index contributed by atoms with van der Waals surface area (Å²) < 4.78 is 11.1. The molecule has 1 aliphatic carbocycles. The van der Waals surface area contributed by atoms with E-state index in [9.17, 15) is 4.79 Å². The number of carbonyl (C=O) groups excluding carboxylic acids is 1. The number of esters is 1. The summed E-state index contributed by atoms with van der Waals surface area (Å²) in [6.07, 6.45) is 4.42. The van der Waals surface area contributed by atoms with Crippen LogP contribution in [0.1, 0.15) is 39.5 Å². The first kappa shape index (κ1) is 13.8. The van der Waals surface area contributed by atoms with Gasteiger partial charge in [0.15, 0.2) is 0 Å². The summed E-state index contributed by atoms with van der Waals surface area (Å²) in [6, 6.07) is 0. The Labute approximate surface area is 110 Å². The quantitative estimate of drug-likeness (QED) is 0.718. The molecule has 0 spiro atoms. The van der Waals surface area contributed by atoms with Crippen LogP contribution in [-0.2, 0) is 14.3 Å². The predicted octanol–water partition coefficient (Wildman–Crippen LogP) is 1.83. The fourth-order valence-electron chi connectivity index (χ4n) is 2.97. The molecule has 4 nitrogen and oxygen atoms in total. The summed E-state index contributed by atoms with van der Waals surface area (Å²) in [5.41, 5.74) is -0.191. The number of hydrogen-bond acceptors (Lipinski definition) is 4. The Balaban J connectivity index is 1.85. The van der Waals surface area contributed by atoms with Gasteiger partial charge in [0.1, 0.15) is 5.60 Å². The van der Waals surface area contributed by atoms with Crippen LogP contribution in [-0.4, -0.2) is 49.3 Å². The third-order valence-electron chi connectivity index (χ3n) is 4.28. The molecule has 0 aromatic rings. The standard InChI is InChI=1S/C14H25NO3/c1-12(2)14(5-3-4-6-14)18-13(16)11-15-7-9-17-10-8-15/h12H,3-11H2,1-2H3. The average molecular weight is 255 g/mol. The molecule has 0 unspecified atom stereocenters. The summed E-state index contributed by atoms with van der Waals surface area (Å²) >= 11 is 0. The van der Waals surface area contributed by atoms with Crippen LogP contribution >= 0.6 is 0 Å². The summed E-state index contributed by atoms with van der Waals surface area (Å²) in [5, 5.41) is 0. The van der Waals surface area contributed by atoms with Crippen molar-refractivity contribution in [2.75, 3.05) is 32.8 Å². The van der Waals surface area contributed by atoms with Crippen LogP contribution in [0.3, 0.4) is 0 Å².